The number of amidine groups is 1. The van der Waals surface area contributed by atoms with E-state index < -0.39 is 10.9 Å². The molecule has 1 saturated heterocycles. The number of aromatic carboxylic acids is 1. The number of nitrogens with zero attached hydrogens (tertiary/aromatic N) is 3. The Hall–Kier alpha value is -4.35. The number of amides is 1. The Morgan fingerprint density at radius 2 is 1.85 bits per heavy atom. The molecule has 1 N–H and O–H groups in total. The molecular weight excluding hydrogens is 546 g/mol. The standard InChI is InChI=1S/C27H22ClN3O7S/c1-3-37-22-13-17(12-21(28)24(22)38-15-16-4-10-20(11-5-16)31(35)36)14-23-25(32)30(2)27(39-23)29-19-8-6-18(7-9-19)26(33)34/h4-14H,3,15H2,1-2H3,(H,33,34)/b23-14-,29-27?. The molecule has 1 heterocycles. The van der Waals surface area contributed by atoms with Crippen LogP contribution in [0.5, 0.6) is 11.5 Å². The fraction of sp³-hybridized carbons (Fsp3) is 0.148. The Bertz CT molecular complexity index is 1490. The van der Waals surface area contributed by atoms with Crippen LogP contribution in [-0.4, -0.2) is 45.6 Å². The molecule has 1 fully saturated rings. The summed E-state index contributed by atoms with van der Waals surface area (Å²) in [5, 5.41) is 20.6. The van der Waals surface area contributed by atoms with Crippen LogP contribution in [0.2, 0.25) is 5.02 Å². The summed E-state index contributed by atoms with van der Waals surface area (Å²) in [4.78, 5) is 40.6. The molecule has 200 valence electrons. The minimum atomic E-state index is -1.03. The number of carboxylic acids is 1. The molecule has 39 heavy (non-hydrogen) atoms. The van der Waals surface area contributed by atoms with Gasteiger partial charge in [-0.25, -0.2) is 9.79 Å². The highest BCUT2D eigenvalue weighted by molar-refractivity contribution is 8.18. The lowest BCUT2D eigenvalue weighted by atomic mass is 10.1. The lowest BCUT2D eigenvalue weighted by Crippen LogP contribution is -2.23. The van der Waals surface area contributed by atoms with Crippen molar-refractivity contribution in [3.63, 3.8) is 0 Å². The van der Waals surface area contributed by atoms with E-state index in [1.807, 2.05) is 6.92 Å². The van der Waals surface area contributed by atoms with Gasteiger partial charge in [-0.3, -0.25) is 19.8 Å². The van der Waals surface area contributed by atoms with Crippen molar-refractivity contribution in [2.24, 2.45) is 4.99 Å². The highest BCUT2D eigenvalue weighted by Crippen LogP contribution is 2.40. The zero-order valence-electron chi connectivity index (χ0n) is 20.8. The van der Waals surface area contributed by atoms with Gasteiger partial charge in [-0.1, -0.05) is 11.6 Å². The van der Waals surface area contributed by atoms with Gasteiger partial charge in [0.05, 0.1) is 32.7 Å². The molecule has 12 heteroatoms. The van der Waals surface area contributed by atoms with Crippen LogP contribution in [0.3, 0.4) is 0 Å². The van der Waals surface area contributed by atoms with Crippen molar-refractivity contribution in [2.45, 2.75) is 13.5 Å². The topological polar surface area (TPSA) is 132 Å². The van der Waals surface area contributed by atoms with E-state index in [1.54, 1.807) is 49.5 Å². The number of nitro groups is 1. The van der Waals surface area contributed by atoms with Crippen molar-refractivity contribution in [3.05, 3.63) is 97.4 Å². The Balaban J connectivity index is 1.55. The molecule has 1 aliphatic heterocycles. The molecule has 10 nitrogen and oxygen atoms in total. The fourth-order valence-corrected chi connectivity index (χ4v) is 4.80. The lowest BCUT2D eigenvalue weighted by Gasteiger charge is -2.14. The number of carbonyl (C=O) groups excluding carboxylic acids is 1. The molecular formula is C27H22ClN3O7S. The van der Waals surface area contributed by atoms with Gasteiger partial charge in [0.15, 0.2) is 16.7 Å². The number of carboxylic acid groups (broad SMARTS) is 1. The third-order valence-corrected chi connectivity index (χ3v) is 6.84. The number of aliphatic imine (C=N–C) groups is 1. The number of hydrogen-bond donors (Lipinski definition) is 1. The first kappa shape index (κ1) is 27.7. The highest BCUT2D eigenvalue weighted by Gasteiger charge is 2.30. The van der Waals surface area contributed by atoms with Gasteiger partial charge in [0, 0.05) is 19.2 Å². The predicted molar refractivity (Wildman–Crippen MR) is 149 cm³/mol. The molecule has 3 aromatic rings. The minimum absolute atomic E-state index is 0.0153. The number of carbonyl (C=O) groups is 2. The molecule has 1 aliphatic rings. The van der Waals surface area contributed by atoms with Crippen LogP contribution in [0.1, 0.15) is 28.4 Å². The van der Waals surface area contributed by atoms with Crippen LogP contribution in [0.25, 0.3) is 6.08 Å². The number of likely N-dealkylation sites (N-methyl/N-ethyl adjacent to an activating group) is 1. The van der Waals surface area contributed by atoms with Gasteiger partial charge in [0.2, 0.25) is 0 Å². The third-order valence-electron chi connectivity index (χ3n) is 5.50. The Morgan fingerprint density at radius 1 is 1.15 bits per heavy atom. The van der Waals surface area contributed by atoms with Crippen molar-refractivity contribution in [3.8, 4) is 11.5 Å². The van der Waals surface area contributed by atoms with Gasteiger partial charge in [-0.15, -0.1) is 0 Å². The van der Waals surface area contributed by atoms with E-state index in [1.165, 1.54) is 40.9 Å². The second-order valence-electron chi connectivity index (χ2n) is 8.20. The van der Waals surface area contributed by atoms with Crippen LogP contribution in [-0.2, 0) is 11.4 Å². The van der Waals surface area contributed by atoms with E-state index in [9.17, 15) is 19.7 Å². The van der Waals surface area contributed by atoms with Crippen molar-refractivity contribution in [1.29, 1.82) is 0 Å². The Kier molecular flexibility index (Phi) is 8.52. The second-order valence-corrected chi connectivity index (χ2v) is 9.61. The molecule has 0 atom stereocenters. The van der Waals surface area contributed by atoms with Crippen LogP contribution in [0.15, 0.2) is 70.6 Å². The van der Waals surface area contributed by atoms with E-state index in [4.69, 9.17) is 26.2 Å². The molecule has 0 aliphatic carbocycles. The van der Waals surface area contributed by atoms with Crippen LogP contribution in [0, 0.1) is 10.1 Å². The van der Waals surface area contributed by atoms with Gasteiger partial charge < -0.3 is 14.6 Å². The van der Waals surface area contributed by atoms with Crippen LogP contribution in [0.4, 0.5) is 11.4 Å². The van der Waals surface area contributed by atoms with E-state index in [0.29, 0.717) is 45.0 Å². The molecule has 0 aromatic heterocycles. The molecule has 4 rings (SSSR count). The lowest BCUT2D eigenvalue weighted by molar-refractivity contribution is -0.384. The molecule has 0 radical (unpaired) electrons. The summed E-state index contributed by atoms with van der Waals surface area (Å²) in [6.45, 7) is 2.28. The van der Waals surface area contributed by atoms with Crippen molar-refractivity contribution in [1.82, 2.24) is 4.90 Å². The molecule has 3 aromatic carbocycles. The number of halogens is 1. The summed E-state index contributed by atoms with van der Waals surface area (Å²) >= 11 is 7.71. The molecule has 0 bridgehead atoms. The van der Waals surface area contributed by atoms with Crippen molar-refractivity contribution in [2.75, 3.05) is 13.7 Å². The number of hydrogen-bond acceptors (Lipinski definition) is 8. The number of ether oxygens (including phenoxy) is 2. The summed E-state index contributed by atoms with van der Waals surface area (Å²) in [7, 11) is 1.61. The van der Waals surface area contributed by atoms with Gasteiger partial charge in [-0.2, -0.15) is 0 Å². The zero-order valence-corrected chi connectivity index (χ0v) is 22.4. The maximum absolute atomic E-state index is 12.9. The third kappa shape index (κ3) is 6.57. The maximum Gasteiger partial charge on any atom is 0.335 e. The smallest absolute Gasteiger partial charge is 0.335 e. The first-order valence-corrected chi connectivity index (χ1v) is 12.8. The van der Waals surface area contributed by atoms with E-state index in [2.05, 4.69) is 4.99 Å². The average molecular weight is 568 g/mol. The highest BCUT2D eigenvalue weighted by atomic mass is 35.5. The van der Waals surface area contributed by atoms with Crippen molar-refractivity contribution >= 4 is 57.9 Å². The average Bonchev–Trinajstić information content (AvgIpc) is 3.16. The predicted octanol–water partition coefficient (Wildman–Crippen LogP) is 6.16. The Morgan fingerprint density at radius 3 is 2.46 bits per heavy atom. The summed E-state index contributed by atoms with van der Waals surface area (Å²) in [6.07, 6.45) is 1.67. The maximum atomic E-state index is 12.9. The minimum Gasteiger partial charge on any atom is -0.490 e. The van der Waals surface area contributed by atoms with Gasteiger partial charge in [0.25, 0.3) is 11.6 Å². The summed E-state index contributed by atoms with van der Waals surface area (Å²) in [6, 6.07) is 15.4. The quantitative estimate of drug-likeness (QED) is 0.185. The number of thioether (sulfide) groups is 1. The molecule has 0 unspecified atom stereocenters. The molecule has 1 amide bonds. The van der Waals surface area contributed by atoms with Gasteiger partial charge >= 0.3 is 5.97 Å². The Labute approximate surface area is 232 Å². The van der Waals surface area contributed by atoms with Crippen LogP contribution < -0.4 is 9.47 Å². The zero-order chi connectivity index (χ0) is 28.1. The number of non-ortho nitro benzene ring substituents is 1. The summed E-state index contributed by atoms with van der Waals surface area (Å²) in [5.74, 6) is -0.591. The fourth-order valence-electron chi connectivity index (χ4n) is 3.54. The second kappa shape index (κ2) is 12.0. The number of nitro benzene ring substituents is 1. The first-order chi connectivity index (χ1) is 18.7. The van der Waals surface area contributed by atoms with Gasteiger partial charge in [-0.05, 0) is 84.4 Å². The molecule has 0 saturated carbocycles. The number of benzene rings is 3. The van der Waals surface area contributed by atoms with E-state index in [0.717, 1.165) is 0 Å². The normalized spacial score (nSPS) is 15.2. The monoisotopic (exact) mass is 567 g/mol. The summed E-state index contributed by atoms with van der Waals surface area (Å²) in [5.41, 5.74) is 1.97. The number of rotatable bonds is 9. The van der Waals surface area contributed by atoms with E-state index in [-0.39, 0.29) is 28.8 Å². The van der Waals surface area contributed by atoms with Crippen LogP contribution >= 0.6 is 23.4 Å². The first-order valence-electron chi connectivity index (χ1n) is 11.6. The molecule has 0 spiro atoms. The van der Waals surface area contributed by atoms with Crippen molar-refractivity contribution < 1.29 is 29.1 Å². The largest absolute Gasteiger partial charge is 0.490 e. The van der Waals surface area contributed by atoms with E-state index >= 15 is 0 Å². The SMILES string of the molecule is CCOc1cc(/C=C2\SC(=Nc3ccc(C(=O)O)cc3)N(C)C2=O)cc(Cl)c1OCc1ccc([N+](=O)[O-])cc1. The van der Waals surface area contributed by atoms with Gasteiger partial charge in [0.1, 0.15) is 6.61 Å². The summed E-state index contributed by atoms with van der Waals surface area (Å²) < 4.78 is 11.6.